The summed E-state index contributed by atoms with van der Waals surface area (Å²) in [5.41, 5.74) is 0. The van der Waals surface area contributed by atoms with Gasteiger partial charge in [-0.05, 0) is 43.2 Å². The van der Waals surface area contributed by atoms with Crippen molar-refractivity contribution in [1.82, 2.24) is 0 Å². The van der Waals surface area contributed by atoms with E-state index in [-0.39, 0.29) is 43.2 Å². The molecule has 0 saturated heterocycles. The third-order valence-corrected chi connectivity index (χ3v) is 7.91. The highest BCUT2D eigenvalue weighted by Crippen LogP contribution is 2.56. The van der Waals surface area contributed by atoms with E-state index in [2.05, 4.69) is 0 Å². The Bertz CT molecular complexity index is 728. The van der Waals surface area contributed by atoms with Crippen LogP contribution >= 0.6 is 43.2 Å². The van der Waals surface area contributed by atoms with Crippen LogP contribution in [0.5, 0.6) is 0 Å². The van der Waals surface area contributed by atoms with Gasteiger partial charge in [0.05, 0.1) is 19.6 Å². The van der Waals surface area contributed by atoms with E-state index in [1.54, 1.807) is 0 Å². The second-order valence-electron chi connectivity index (χ2n) is 4.16. The maximum Gasteiger partial charge on any atom is 0.198 e. The average molecular weight is 424 g/mol. The van der Waals surface area contributed by atoms with Crippen molar-refractivity contribution < 1.29 is 35.1 Å². The minimum atomic E-state index is -2.07. The van der Waals surface area contributed by atoms with E-state index in [4.69, 9.17) is 0 Å². The monoisotopic (exact) mass is 424 g/mol. The van der Waals surface area contributed by atoms with Crippen molar-refractivity contribution in [2.45, 2.75) is 19.6 Å². The fourth-order valence-electron chi connectivity index (χ4n) is 1.65. The van der Waals surface area contributed by atoms with Crippen molar-refractivity contribution in [1.29, 1.82) is 0 Å². The molecule has 12 heteroatoms. The lowest BCUT2D eigenvalue weighted by atomic mass is 10.3. The molecule has 128 valence electrons. The molecule has 0 amide bonds. The number of fused-ring (bicyclic) bond motifs is 2. The standard InChI is InChI=1S/C12F8S4/c13-1-2(14)6(18)10-9(5(1)17)21-23-11-7(19)3(15)4(16)8(20)12(11)24-22-10. The summed E-state index contributed by atoms with van der Waals surface area (Å²) in [5, 5.41) is 0. The second-order valence-corrected chi connectivity index (χ2v) is 8.46. The number of hydrogen-bond acceptors (Lipinski definition) is 4. The molecule has 0 bridgehead atoms. The Hall–Kier alpha value is -0.720. The van der Waals surface area contributed by atoms with Crippen molar-refractivity contribution in [3.05, 3.63) is 46.5 Å². The molecule has 0 fully saturated rings. The predicted octanol–water partition coefficient (Wildman–Crippen LogP) is 6.71. The molecular formula is C12F8S4. The molecule has 0 spiro atoms. The highest BCUT2D eigenvalue weighted by Gasteiger charge is 2.32. The van der Waals surface area contributed by atoms with Gasteiger partial charge in [-0.3, -0.25) is 0 Å². The minimum absolute atomic E-state index is 0.232. The van der Waals surface area contributed by atoms with Crippen LogP contribution in [0, 0.1) is 46.5 Å². The number of hydrogen-bond donors (Lipinski definition) is 0. The van der Waals surface area contributed by atoms with Crippen LogP contribution in [0.3, 0.4) is 0 Å². The van der Waals surface area contributed by atoms with Crippen molar-refractivity contribution >= 4 is 43.2 Å². The van der Waals surface area contributed by atoms with Crippen LogP contribution in [0.15, 0.2) is 19.6 Å². The Kier molecular flexibility index (Phi) is 4.93. The first-order chi connectivity index (χ1) is 11.3. The van der Waals surface area contributed by atoms with Crippen LogP contribution in [0.4, 0.5) is 35.1 Å². The van der Waals surface area contributed by atoms with Crippen molar-refractivity contribution in [3.8, 4) is 0 Å². The second kappa shape index (κ2) is 6.54. The van der Waals surface area contributed by atoms with Gasteiger partial charge in [0.2, 0.25) is 0 Å². The van der Waals surface area contributed by atoms with E-state index in [1.807, 2.05) is 0 Å². The Labute approximate surface area is 144 Å². The van der Waals surface area contributed by atoms with Crippen LogP contribution in [0.2, 0.25) is 0 Å². The molecule has 0 aliphatic carbocycles. The zero-order valence-electron chi connectivity index (χ0n) is 10.7. The first-order valence-corrected chi connectivity index (χ1v) is 9.96. The third-order valence-electron chi connectivity index (χ3n) is 2.78. The molecule has 24 heavy (non-hydrogen) atoms. The van der Waals surface area contributed by atoms with Crippen molar-refractivity contribution in [3.63, 3.8) is 0 Å². The van der Waals surface area contributed by atoms with Crippen molar-refractivity contribution in [2.24, 2.45) is 0 Å². The molecule has 2 aromatic carbocycles. The lowest BCUT2D eigenvalue weighted by Crippen LogP contribution is -2.04. The smallest absolute Gasteiger partial charge is 0.198 e. The molecular weight excluding hydrogens is 424 g/mol. The molecule has 0 N–H and O–H groups in total. The molecule has 0 saturated carbocycles. The van der Waals surface area contributed by atoms with E-state index in [1.165, 1.54) is 0 Å². The third kappa shape index (κ3) is 2.67. The van der Waals surface area contributed by atoms with Gasteiger partial charge in [-0.15, -0.1) is 0 Å². The van der Waals surface area contributed by atoms with Gasteiger partial charge in [0.25, 0.3) is 0 Å². The normalized spacial score (nSPS) is 14.0. The highest BCUT2D eigenvalue weighted by molar-refractivity contribution is 8.79. The highest BCUT2D eigenvalue weighted by atomic mass is 33.1. The molecule has 0 radical (unpaired) electrons. The van der Waals surface area contributed by atoms with E-state index in [0.29, 0.717) is 0 Å². The van der Waals surface area contributed by atoms with E-state index in [0.717, 1.165) is 0 Å². The first-order valence-electron chi connectivity index (χ1n) is 5.66. The van der Waals surface area contributed by atoms with Gasteiger partial charge in [-0.25, -0.2) is 35.1 Å². The summed E-state index contributed by atoms with van der Waals surface area (Å²) in [6, 6.07) is 0. The van der Waals surface area contributed by atoms with Gasteiger partial charge in [0.1, 0.15) is 0 Å². The molecule has 1 aliphatic rings. The Morgan fingerprint density at radius 3 is 0.625 bits per heavy atom. The molecule has 0 atom stereocenters. The summed E-state index contributed by atoms with van der Waals surface area (Å²) in [6.07, 6.45) is 0. The zero-order chi connectivity index (χ0) is 17.8. The van der Waals surface area contributed by atoms with Crippen LogP contribution in [-0.4, -0.2) is 0 Å². The molecule has 1 aliphatic heterocycles. The van der Waals surface area contributed by atoms with E-state index in [9.17, 15) is 35.1 Å². The molecule has 1 heterocycles. The van der Waals surface area contributed by atoms with Gasteiger partial charge < -0.3 is 0 Å². The summed E-state index contributed by atoms with van der Waals surface area (Å²) in [7, 11) is 0.927. The predicted molar refractivity (Wildman–Crippen MR) is 76.0 cm³/mol. The van der Waals surface area contributed by atoms with Crippen LogP contribution < -0.4 is 0 Å². The summed E-state index contributed by atoms with van der Waals surface area (Å²) in [4.78, 5) is -2.82. The topological polar surface area (TPSA) is 0 Å². The zero-order valence-corrected chi connectivity index (χ0v) is 13.9. The largest absolute Gasteiger partial charge is 0.202 e. The van der Waals surface area contributed by atoms with E-state index < -0.39 is 66.1 Å². The number of rotatable bonds is 0. The van der Waals surface area contributed by atoms with Gasteiger partial charge in [0, 0.05) is 0 Å². The molecule has 3 rings (SSSR count). The Morgan fingerprint density at radius 1 is 0.292 bits per heavy atom. The molecule has 0 unspecified atom stereocenters. The molecule has 2 aromatic rings. The maximum atomic E-state index is 13.8. The van der Waals surface area contributed by atoms with Crippen LogP contribution in [-0.2, 0) is 0 Å². The van der Waals surface area contributed by atoms with Gasteiger partial charge in [-0.1, -0.05) is 0 Å². The molecule has 0 nitrogen and oxygen atoms in total. The lowest BCUT2D eigenvalue weighted by Gasteiger charge is -2.18. The number of halogens is 8. The van der Waals surface area contributed by atoms with E-state index >= 15 is 0 Å². The van der Waals surface area contributed by atoms with Crippen LogP contribution in [0.25, 0.3) is 0 Å². The fourth-order valence-corrected chi connectivity index (χ4v) is 7.30. The number of benzene rings is 2. The van der Waals surface area contributed by atoms with Crippen LogP contribution in [0.1, 0.15) is 0 Å². The van der Waals surface area contributed by atoms with Crippen molar-refractivity contribution in [2.75, 3.05) is 0 Å². The van der Waals surface area contributed by atoms with Gasteiger partial charge in [-0.2, -0.15) is 0 Å². The van der Waals surface area contributed by atoms with Gasteiger partial charge >= 0.3 is 0 Å². The fraction of sp³-hybridized carbons (Fsp3) is 0. The SMILES string of the molecule is Fc1c(F)c(F)c2c(c1F)SSc1c(F)c(F)c(F)c(F)c1SS2. The first kappa shape index (κ1) is 18.1. The Morgan fingerprint density at radius 2 is 0.458 bits per heavy atom. The maximum absolute atomic E-state index is 13.8. The quantitative estimate of drug-likeness (QED) is 0.199. The summed E-state index contributed by atoms with van der Waals surface area (Å²) in [5.74, 6) is -15.2. The Balaban J connectivity index is 2.18. The summed E-state index contributed by atoms with van der Waals surface area (Å²) in [6.45, 7) is 0. The van der Waals surface area contributed by atoms with Gasteiger partial charge in [0.15, 0.2) is 46.5 Å². The summed E-state index contributed by atoms with van der Waals surface area (Å²) < 4.78 is 108. The lowest BCUT2D eigenvalue weighted by molar-refractivity contribution is 0.384. The average Bonchev–Trinajstić information content (AvgIpc) is 2.55. The minimum Gasteiger partial charge on any atom is -0.202 e. The molecule has 0 aromatic heterocycles. The summed E-state index contributed by atoms with van der Waals surface area (Å²) >= 11 is 0.